The fraction of sp³-hybridized carbons (Fsp3) is 0.579. The van der Waals surface area contributed by atoms with Gasteiger partial charge in [0.15, 0.2) is 5.65 Å². The number of carbonyl (C=O) groups excluding carboxylic acids is 2. The molecule has 0 aromatic carbocycles. The Labute approximate surface area is 154 Å². The number of aromatic nitrogens is 3. The molecule has 2 aromatic rings. The van der Waals surface area contributed by atoms with Gasteiger partial charge in [0.2, 0.25) is 11.8 Å². The molecule has 0 spiro atoms. The average Bonchev–Trinajstić information content (AvgIpc) is 2.87. The van der Waals surface area contributed by atoms with E-state index in [2.05, 4.69) is 22.3 Å². The summed E-state index contributed by atoms with van der Waals surface area (Å²) in [6.45, 7) is 8.72. The lowest BCUT2D eigenvalue weighted by Crippen LogP contribution is -2.40. The molecule has 0 fully saturated rings. The van der Waals surface area contributed by atoms with Crippen molar-refractivity contribution in [1.82, 2.24) is 25.0 Å². The molecule has 142 valence electrons. The Bertz CT molecular complexity index is 825. The zero-order valence-corrected chi connectivity index (χ0v) is 16.6. The largest absolute Gasteiger partial charge is 0.358 e. The van der Waals surface area contributed by atoms with Crippen LogP contribution in [0.25, 0.3) is 11.0 Å². The Morgan fingerprint density at radius 3 is 2.50 bits per heavy atom. The van der Waals surface area contributed by atoms with Crippen molar-refractivity contribution < 1.29 is 9.59 Å². The number of fused-ring (bicyclic) bond motifs is 1. The fourth-order valence-electron chi connectivity index (χ4n) is 3.43. The number of carbonyl (C=O) groups is 2. The minimum absolute atomic E-state index is 0.00254. The van der Waals surface area contributed by atoms with Crippen LogP contribution in [0.2, 0.25) is 0 Å². The van der Waals surface area contributed by atoms with Gasteiger partial charge in [-0.3, -0.25) is 14.3 Å². The third kappa shape index (κ3) is 4.03. The minimum atomic E-state index is -0.145. The third-order valence-electron chi connectivity index (χ3n) is 4.78. The van der Waals surface area contributed by atoms with Crippen LogP contribution < -0.4 is 5.32 Å². The molecule has 0 bridgehead atoms. The van der Waals surface area contributed by atoms with E-state index in [9.17, 15) is 9.59 Å². The van der Waals surface area contributed by atoms with Gasteiger partial charge in [0.25, 0.3) is 0 Å². The zero-order chi connectivity index (χ0) is 19.4. The van der Waals surface area contributed by atoms with Crippen molar-refractivity contribution in [3.8, 4) is 0 Å². The molecule has 0 saturated carbocycles. The van der Waals surface area contributed by atoms with E-state index < -0.39 is 0 Å². The maximum Gasteiger partial charge on any atom is 0.239 e. The summed E-state index contributed by atoms with van der Waals surface area (Å²) in [5.41, 5.74) is 4.99. The Hall–Kier alpha value is -2.44. The fourth-order valence-corrected chi connectivity index (χ4v) is 3.43. The van der Waals surface area contributed by atoms with Crippen molar-refractivity contribution in [2.75, 3.05) is 20.1 Å². The molecule has 0 atom stereocenters. The first-order chi connectivity index (χ1) is 12.3. The smallest absolute Gasteiger partial charge is 0.239 e. The van der Waals surface area contributed by atoms with Gasteiger partial charge in [-0.1, -0.05) is 6.92 Å². The number of nitrogens with zero attached hydrogens (tertiary/aromatic N) is 4. The van der Waals surface area contributed by atoms with Gasteiger partial charge in [-0.15, -0.1) is 0 Å². The Balaban J connectivity index is 2.21. The second-order valence-corrected chi connectivity index (χ2v) is 6.70. The molecule has 0 aliphatic rings. The molecular weight excluding hydrogens is 330 g/mol. The van der Waals surface area contributed by atoms with Crippen molar-refractivity contribution in [3.63, 3.8) is 0 Å². The van der Waals surface area contributed by atoms with E-state index in [1.807, 2.05) is 27.8 Å². The Morgan fingerprint density at radius 2 is 1.88 bits per heavy atom. The summed E-state index contributed by atoms with van der Waals surface area (Å²) in [7, 11) is 3.48. The summed E-state index contributed by atoms with van der Waals surface area (Å²) in [6.07, 6.45) is 1.80. The topological polar surface area (TPSA) is 80.1 Å². The summed E-state index contributed by atoms with van der Waals surface area (Å²) in [4.78, 5) is 30.6. The number of amides is 2. The van der Waals surface area contributed by atoms with Crippen LogP contribution in [-0.2, 0) is 23.1 Å². The zero-order valence-electron chi connectivity index (χ0n) is 16.6. The van der Waals surface area contributed by atoms with Crippen molar-refractivity contribution in [2.45, 2.75) is 47.0 Å². The highest BCUT2D eigenvalue weighted by Crippen LogP contribution is 2.26. The van der Waals surface area contributed by atoms with Crippen molar-refractivity contribution in [2.24, 2.45) is 7.05 Å². The highest BCUT2D eigenvalue weighted by molar-refractivity contribution is 5.86. The van der Waals surface area contributed by atoms with Crippen LogP contribution in [0.1, 0.15) is 42.3 Å². The molecule has 0 aliphatic heterocycles. The second kappa shape index (κ2) is 8.29. The lowest BCUT2D eigenvalue weighted by molar-refractivity contribution is -0.135. The number of hydrogen-bond acceptors (Lipinski definition) is 4. The maximum absolute atomic E-state index is 12.6. The Kier molecular flexibility index (Phi) is 6.34. The van der Waals surface area contributed by atoms with E-state index in [1.54, 1.807) is 16.6 Å². The highest BCUT2D eigenvalue weighted by Gasteiger charge is 2.19. The van der Waals surface area contributed by atoms with Gasteiger partial charge in [-0.05, 0) is 44.7 Å². The van der Waals surface area contributed by atoms with E-state index in [0.29, 0.717) is 19.4 Å². The predicted octanol–water partition coefficient (Wildman–Crippen LogP) is 1.81. The molecule has 0 radical (unpaired) electrons. The van der Waals surface area contributed by atoms with Crippen LogP contribution in [-0.4, -0.2) is 51.6 Å². The molecule has 2 aromatic heterocycles. The van der Waals surface area contributed by atoms with Crippen LogP contribution in [0.5, 0.6) is 0 Å². The Morgan fingerprint density at radius 1 is 1.19 bits per heavy atom. The summed E-state index contributed by atoms with van der Waals surface area (Å²) in [5.74, 6) is -0.148. The van der Waals surface area contributed by atoms with Gasteiger partial charge in [0.1, 0.15) is 0 Å². The van der Waals surface area contributed by atoms with Crippen LogP contribution in [0.3, 0.4) is 0 Å². The molecule has 7 heteroatoms. The van der Waals surface area contributed by atoms with Gasteiger partial charge in [0, 0.05) is 38.1 Å². The van der Waals surface area contributed by atoms with Crippen molar-refractivity contribution >= 4 is 22.8 Å². The van der Waals surface area contributed by atoms with Crippen LogP contribution in [0.4, 0.5) is 0 Å². The number of nitrogens with one attached hydrogen (secondary N) is 1. The molecule has 0 unspecified atom stereocenters. The number of aryl methyl sites for hydroxylation is 4. The summed E-state index contributed by atoms with van der Waals surface area (Å²) in [6, 6.07) is 0. The molecule has 1 N–H and O–H groups in total. The van der Waals surface area contributed by atoms with E-state index in [4.69, 9.17) is 0 Å². The molecule has 2 amide bonds. The third-order valence-corrected chi connectivity index (χ3v) is 4.78. The molecule has 7 nitrogen and oxygen atoms in total. The van der Waals surface area contributed by atoms with Crippen molar-refractivity contribution in [1.29, 1.82) is 0 Å². The molecule has 2 rings (SSSR count). The lowest BCUT2D eigenvalue weighted by atomic mass is 9.99. The summed E-state index contributed by atoms with van der Waals surface area (Å²) < 4.78 is 1.80. The SMILES string of the molecule is CCCN(CC(=O)NC)C(=O)CCc1c(C)nc2c(c(C)nn2C)c1C. The number of rotatable bonds is 7. The van der Waals surface area contributed by atoms with Gasteiger partial charge >= 0.3 is 0 Å². The van der Waals surface area contributed by atoms with Crippen LogP contribution in [0, 0.1) is 20.8 Å². The normalized spacial score (nSPS) is 11.0. The second-order valence-electron chi connectivity index (χ2n) is 6.70. The van der Waals surface area contributed by atoms with Crippen LogP contribution >= 0.6 is 0 Å². The first kappa shape index (κ1) is 19.9. The predicted molar refractivity (Wildman–Crippen MR) is 102 cm³/mol. The van der Waals surface area contributed by atoms with Gasteiger partial charge in [-0.25, -0.2) is 4.98 Å². The number of pyridine rings is 1. The maximum atomic E-state index is 12.6. The van der Waals surface area contributed by atoms with E-state index in [1.165, 1.54) is 0 Å². The molecule has 0 aliphatic carbocycles. The standard InChI is InChI=1S/C19H29N5O2/c1-7-10-24(11-16(25)20-5)17(26)9-8-15-12(2)18-14(4)22-23(6)19(18)21-13(15)3/h7-11H2,1-6H3,(H,20,25). The quantitative estimate of drug-likeness (QED) is 0.818. The minimum Gasteiger partial charge on any atom is -0.358 e. The highest BCUT2D eigenvalue weighted by atomic mass is 16.2. The van der Waals surface area contributed by atoms with Gasteiger partial charge < -0.3 is 10.2 Å². The van der Waals surface area contributed by atoms with E-state index in [-0.39, 0.29) is 18.4 Å². The molecule has 26 heavy (non-hydrogen) atoms. The molecule has 0 saturated heterocycles. The van der Waals surface area contributed by atoms with Crippen molar-refractivity contribution in [3.05, 3.63) is 22.5 Å². The van der Waals surface area contributed by atoms with Gasteiger partial charge in [-0.2, -0.15) is 5.10 Å². The molecular formula is C19H29N5O2. The lowest BCUT2D eigenvalue weighted by Gasteiger charge is -2.21. The first-order valence-corrected chi connectivity index (χ1v) is 9.07. The van der Waals surface area contributed by atoms with Crippen LogP contribution in [0.15, 0.2) is 0 Å². The average molecular weight is 359 g/mol. The van der Waals surface area contributed by atoms with Gasteiger partial charge in [0.05, 0.1) is 12.2 Å². The first-order valence-electron chi connectivity index (χ1n) is 9.07. The summed E-state index contributed by atoms with van der Waals surface area (Å²) >= 11 is 0. The monoisotopic (exact) mass is 359 g/mol. The number of likely N-dealkylation sites (N-methyl/N-ethyl adjacent to an activating group) is 1. The van der Waals surface area contributed by atoms with E-state index >= 15 is 0 Å². The molecule has 2 heterocycles. The number of hydrogen-bond donors (Lipinski definition) is 1. The van der Waals surface area contributed by atoms with E-state index in [0.717, 1.165) is 40.0 Å². The summed E-state index contributed by atoms with van der Waals surface area (Å²) in [5, 5.41) is 8.10.